The van der Waals surface area contributed by atoms with Crippen LogP contribution in [0.2, 0.25) is 0 Å². The van der Waals surface area contributed by atoms with Crippen LogP contribution in [0, 0.1) is 0 Å². The second-order valence-electron chi connectivity index (χ2n) is 5.49. The first-order chi connectivity index (χ1) is 11.6. The zero-order chi connectivity index (χ0) is 17.1. The molecule has 0 unspecified atom stereocenters. The Kier molecular flexibility index (Phi) is 4.20. The monoisotopic (exact) mass is 322 g/mol. The number of nitrogens with two attached hydrogens (primary N) is 2. The van der Waals surface area contributed by atoms with Gasteiger partial charge in [-0.05, 0) is 11.6 Å². The molecule has 0 saturated heterocycles. The minimum absolute atomic E-state index is 0.00576. The summed E-state index contributed by atoms with van der Waals surface area (Å²) < 4.78 is 1.72. The van der Waals surface area contributed by atoms with Crippen molar-refractivity contribution in [2.24, 2.45) is 16.5 Å². The molecule has 0 aliphatic rings. The molecule has 2 aromatic carbocycles. The summed E-state index contributed by atoms with van der Waals surface area (Å²) in [5.74, 6) is -0.593. The minimum Gasteiger partial charge on any atom is -0.494 e. The maximum Gasteiger partial charge on any atom is 0.254 e. The summed E-state index contributed by atoms with van der Waals surface area (Å²) in [6.07, 6.45) is 0.00576. The third-order valence-electron chi connectivity index (χ3n) is 3.82. The molecule has 0 fully saturated rings. The van der Waals surface area contributed by atoms with Crippen LogP contribution in [0.1, 0.15) is 11.3 Å². The summed E-state index contributed by atoms with van der Waals surface area (Å²) in [5.41, 5.74) is 12.3. The fraction of sp³-hybridized carbons (Fsp3) is 0.111. The van der Waals surface area contributed by atoms with Gasteiger partial charge in [-0.15, -0.1) is 0 Å². The molecule has 1 aromatic heterocycles. The molecule has 24 heavy (non-hydrogen) atoms. The standard InChI is InChI=1S/C18H18N4O2/c19-18(20)21-16(23)10-15-13-8-4-5-9-14(13)17(24)22(15)11-12-6-2-1-3-7-12/h1-9,24H,10-11H2,(H4,19,20,21,23). The van der Waals surface area contributed by atoms with Gasteiger partial charge in [0.1, 0.15) is 0 Å². The van der Waals surface area contributed by atoms with Crippen molar-refractivity contribution in [1.29, 1.82) is 0 Å². The highest BCUT2D eigenvalue weighted by Crippen LogP contribution is 2.32. The number of rotatable bonds is 4. The van der Waals surface area contributed by atoms with Crippen LogP contribution in [0.4, 0.5) is 0 Å². The molecular formula is C18H18N4O2. The molecule has 1 amide bonds. The maximum absolute atomic E-state index is 12.0. The SMILES string of the molecule is NC(N)=NC(=O)Cc1c2ccccc2c(O)n1Cc1ccccc1. The fourth-order valence-electron chi connectivity index (χ4n) is 2.80. The van der Waals surface area contributed by atoms with Crippen LogP contribution in [0.5, 0.6) is 5.88 Å². The van der Waals surface area contributed by atoms with Gasteiger partial charge < -0.3 is 21.1 Å². The molecule has 0 aliphatic heterocycles. The van der Waals surface area contributed by atoms with Crippen molar-refractivity contribution in [3.8, 4) is 5.88 Å². The Bertz CT molecular complexity index is 909. The summed E-state index contributed by atoms with van der Waals surface area (Å²) in [6.45, 7) is 0.450. The summed E-state index contributed by atoms with van der Waals surface area (Å²) >= 11 is 0. The number of carbonyl (C=O) groups excluding carboxylic acids is 1. The van der Waals surface area contributed by atoms with Gasteiger partial charge in [-0.1, -0.05) is 48.5 Å². The molecule has 3 aromatic rings. The van der Waals surface area contributed by atoms with E-state index in [1.807, 2.05) is 54.6 Å². The molecule has 3 rings (SSSR count). The van der Waals surface area contributed by atoms with Crippen LogP contribution < -0.4 is 11.5 Å². The third-order valence-corrected chi connectivity index (χ3v) is 3.82. The average molecular weight is 322 g/mol. The highest BCUT2D eigenvalue weighted by atomic mass is 16.3. The number of hydrogen-bond donors (Lipinski definition) is 3. The number of amides is 1. The second-order valence-corrected chi connectivity index (χ2v) is 5.49. The molecule has 0 aliphatic carbocycles. The van der Waals surface area contributed by atoms with E-state index < -0.39 is 5.91 Å². The Hall–Kier alpha value is -3.28. The first-order valence-corrected chi connectivity index (χ1v) is 7.51. The number of fused-ring (bicyclic) bond motifs is 1. The highest BCUT2D eigenvalue weighted by molar-refractivity contribution is 5.97. The van der Waals surface area contributed by atoms with E-state index in [1.54, 1.807) is 4.57 Å². The maximum atomic E-state index is 12.0. The molecule has 0 atom stereocenters. The van der Waals surface area contributed by atoms with E-state index in [1.165, 1.54) is 0 Å². The quantitative estimate of drug-likeness (QED) is 0.502. The molecule has 0 bridgehead atoms. The van der Waals surface area contributed by atoms with Crippen molar-refractivity contribution in [2.45, 2.75) is 13.0 Å². The van der Waals surface area contributed by atoms with Gasteiger partial charge in [-0.3, -0.25) is 4.79 Å². The van der Waals surface area contributed by atoms with E-state index in [4.69, 9.17) is 11.5 Å². The van der Waals surface area contributed by atoms with Gasteiger partial charge in [0.15, 0.2) is 11.8 Å². The zero-order valence-electron chi connectivity index (χ0n) is 13.0. The van der Waals surface area contributed by atoms with E-state index in [-0.39, 0.29) is 18.3 Å². The van der Waals surface area contributed by atoms with Gasteiger partial charge in [-0.2, -0.15) is 4.99 Å². The van der Waals surface area contributed by atoms with Crippen molar-refractivity contribution < 1.29 is 9.90 Å². The van der Waals surface area contributed by atoms with E-state index in [2.05, 4.69) is 4.99 Å². The highest BCUT2D eigenvalue weighted by Gasteiger charge is 2.18. The predicted molar refractivity (Wildman–Crippen MR) is 93.7 cm³/mol. The Morgan fingerprint density at radius 2 is 1.62 bits per heavy atom. The fourth-order valence-corrected chi connectivity index (χ4v) is 2.80. The number of aliphatic imine (C=N–C) groups is 1. The van der Waals surface area contributed by atoms with Crippen LogP contribution in [-0.4, -0.2) is 21.5 Å². The van der Waals surface area contributed by atoms with Crippen molar-refractivity contribution in [1.82, 2.24) is 4.57 Å². The zero-order valence-corrected chi connectivity index (χ0v) is 13.0. The van der Waals surface area contributed by atoms with Crippen LogP contribution in [0.3, 0.4) is 0 Å². The van der Waals surface area contributed by atoms with Gasteiger partial charge >= 0.3 is 0 Å². The molecule has 0 radical (unpaired) electrons. The summed E-state index contributed by atoms with van der Waals surface area (Å²) in [5, 5.41) is 12.1. The second kappa shape index (κ2) is 6.45. The third kappa shape index (κ3) is 3.08. The number of nitrogens with zero attached hydrogens (tertiary/aromatic N) is 2. The van der Waals surface area contributed by atoms with E-state index >= 15 is 0 Å². The van der Waals surface area contributed by atoms with Crippen molar-refractivity contribution in [3.05, 3.63) is 65.9 Å². The van der Waals surface area contributed by atoms with Crippen LogP contribution in [-0.2, 0) is 17.8 Å². The van der Waals surface area contributed by atoms with Gasteiger partial charge in [0, 0.05) is 16.5 Å². The Morgan fingerprint density at radius 1 is 1.00 bits per heavy atom. The lowest BCUT2D eigenvalue weighted by Crippen LogP contribution is -2.24. The topological polar surface area (TPSA) is 107 Å². The molecule has 0 spiro atoms. The van der Waals surface area contributed by atoms with E-state index in [0.29, 0.717) is 17.6 Å². The number of benzene rings is 2. The van der Waals surface area contributed by atoms with Crippen LogP contribution in [0.15, 0.2) is 59.6 Å². The summed E-state index contributed by atoms with van der Waals surface area (Å²) in [7, 11) is 0. The lowest BCUT2D eigenvalue weighted by molar-refractivity contribution is -0.117. The van der Waals surface area contributed by atoms with Crippen LogP contribution in [0.25, 0.3) is 10.8 Å². The smallest absolute Gasteiger partial charge is 0.254 e. The molecule has 1 heterocycles. The molecule has 6 nitrogen and oxygen atoms in total. The van der Waals surface area contributed by atoms with Gasteiger partial charge in [-0.25, -0.2) is 0 Å². The minimum atomic E-state index is -0.451. The van der Waals surface area contributed by atoms with E-state index in [9.17, 15) is 9.90 Å². The first-order valence-electron chi connectivity index (χ1n) is 7.51. The van der Waals surface area contributed by atoms with E-state index in [0.717, 1.165) is 10.9 Å². The van der Waals surface area contributed by atoms with Crippen molar-refractivity contribution in [2.75, 3.05) is 0 Å². The molecule has 6 heteroatoms. The summed E-state index contributed by atoms with van der Waals surface area (Å²) in [6, 6.07) is 17.1. The normalized spacial score (nSPS) is 10.7. The average Bonchev–Trinajstić information content (AvgIpc) is 2.81. The van der Waals surface area contributed by atoms with Gasteiger partial charge in [0.05, 0.1) is 13.0 Å². The number of hydrogen-bond acceptors (Lipinski definition) is 2. The Labute approximate surface area is 139 Å². The Morgan fingerprint density at radius 3 is 2.29 bits per heavy atom. The lowest BCUT2D eigenvalue weighted by Gasteiger charge is -2.10. The number of carbonyl (C=O) groups is 1. The molecule has 122 valence electrons. The summed E-state index contributed by atoms with van der Waals surface area (Å²) in [4.78, 5) is 15.6. The predicted octanol–water partition coefficient (Wildman–Crippen LogP) is 1.74. The lowest BCUT2D eigenvalue weighted by atomic mass is 10.1. The largest absolute Gasteiger partial charge is 0.494 e. The molecule has 0 saturated carbocycles. The van der Waals surface area contributed by atoms with Crippen molar-refractivity contribution in [3.63, 3.8) is 0 Å². The number of aromatic hydroxyl groups is 1. The number of guanidine groups is 1. The molecular weight excluding hydrogens is 304 g/mol. The molecule has 5 N–H and O–H groups in total. The van der Waals surface area contributed by atoms with Crippen molar-refractivity contribution >= 4 is 22.6 Å². The first kappa shape index (κ1) is 15.6. The van der Waals surface area contributed by atoms with Gasteiger partial charge in [0.25, 0.3) is 5.91 Å². The van der Waals surface area contributed by atoms with Crippen LogP contribution >= 0.6 is 0 Å². The van der Waals surface area contributed by atoms with Gasteiger partial charge in [0.2, 0.25) is 0 Å². The number of aromatic nitrogens is 1. The Balaban J connectivity index is 2.09.